The summed E-state index contributed by atoms with van der Waals surface area (Å²) in [6.45, 7) is 3.09. The Labute approximate surface area is 169 Å². The van der Waals surface area contributed by atoms with Gasteiger partial charge in [0.25, 0.3) is 5.91 Å². The molecule has 1 N–H and O–H groups in total. The molecule has 0 spiro atoms. The molecule has 144 valence electrons. The van der Waals surface area contributed by atoms with Gasteiger partial charge >= 0.3 is 0 Å². The van der Waals surface area contributed by atoms with Crippen molar-refractivity contribution in [1.29, 1.82) is 0 Å². The minimum atomic E-state index is -0.0849. The maximum atomic E-state index is 12.5. The largest absolute Gasteiger partial charge is 0.484 e. The van der Waals surface area contributed by atoms with E-state index in [1.807, 2.05) is 4.90 Å². The molecule has 3 rings (SSSR count). The van der Waals surface area contributed by atoms with Crippen molar-refractivity contribution >= 4 is 47.4 Å². The summed E-state index contributed by atoms with van der Waals surface area (Å²) in [4.78, 5) is 28.2. The summed E-state index contributed by atoms with van der Waals surface area (Å²) in [5, 5.41) is 3.91. The molecular weight excluding hydrogens is 401 g/mol. The van der Waals surface area contributed by atoms with Gasteiger partial charge in [-0.1, -0.05) is 23.2 Å². The van der Waals surface area contributed by atoms with Crippen LogP contribution in [0.25, 0.3) is 0 Å². The van der Waals surface area contributed by atoms with Crippen molar-refractivity contribution in [1.82, 2.24) is 15.1 Å². The predicted octanol–water partition coefficient (Wildman–Crippen LogP) is 2.22. The van der Waals surface area contributed by atoms with Crippen LogP contribution in [0.2, 0.25) is 10.0 Å². The molecule has 26 heavy (non-hydrogen) atoms. The Kier molecular flexibility index (Phi) is 7.83. The van der Waals surface area contributed by atoms with Gasteiger partial charge in [0.05, 0.1) is 16.6 Å². The first kappa shape index (κ1) is 21.1. The number of amides is 2. The quantitative estimate of drug-likeness (QED) is 0.808. The van der Waals surface area contributed by atoms with E-state index in [2.05, 4.69) is 5.32 Å². The molecule has 2 saturated heterocycles. The van der Waals surface area contributed by atoms with Gasteiger partial charge in [0.15, 0.2) is 6.61 Å². The van der Waals surface area contributed by atoms with Gasteiger partial charge < -0.3 is 19.9 Å². The number of piperazine rings is 1. The molecule has 0 aliphatic carbocycles. The Hall–Kier alpha value is -1.21. The highest BCUT2D eigenvalue weighted by Gasteiger charge is 2.31. The van der Waals surface area contributed by atoms with Gasteiger partial charge in [0, 0.05) is 38.3 Å². The summed E-state index contributed by atoms with van der Waals surface area (Å²) in [7, 11) is 0. The number of hydrogen-bond donors (Lipinski definition) is 1. The number of nitrogens with zero attached hydrogens (tertiary/aromatic N) is 2. The SMILES string of the molecule is Cl.O=C(COc1ccc(Cl)c(Cl)c1)N1CCCC(N2CCNCC2=O)C1. The molecule has 2 heterocycles. The smallest absolute Gasteiger partial charge is 0.260 e. The average molecular weight is 423 g/mol. The summed E-state index contributed by atoms with van der Waals surface area (Å²) in [6, 6.07) is 5.00. The highest BCUT2D eigenvalue weighted by Crippen LogP contribution is 2.26. The van der Waals surface area contributed by atoms with Crippen molar-refractivity contribution in [3.05, 3.63) is 28.2 Å². The first-order valence-electron chi connectivity index (χ1n) is 8.40. The van der Waals surface area contributed by atoms with Crippen LogP contribution in [0.15, 0.2) is 18.2 Å². The minimum absolute atomic E-state index is 0. The molecule has 1 aromatic rings. The van der Waals surface area contributed by atoms with Crippen molar-refractivity contribution in [3.8, 4) is 5.75 Å². The second-order valence-electron chi connectivity index (χ2n) is 6.26. The van der Waals surface area contributed by atoms with Crippen LogP contribution in [0, 0.1) is 0 Å². The van der Waals surface area contributed by atoms with E-state index in [1.54, 1.807) is 23.1 Å². The average Bonchev–Trinajstić information content (AvgIpc) is 2.63. The van der Waals surface area contributed by atoms with Gasteiger partial charge in [0.1, 0.15) is 5.75 Å². The van der Waals surface area contributed by atoms with E-state index < -0.39 is 0 Å². The molecule has 0 saturated carbocycles. The van der Waals surface area contributed by atoms with E-state index in [9.17, 15) is 9.59 Å². The van der Waals surface area contributed by atoms with E-state index in [0.717, 1.165) is 19.4 Å². The molecule has 2 aliphatic rings. The van der Waals surface area contributed by atoms with Crippen molar-refractivity contribution in [2.45, 2.75) is 18.9 Å². The number of ether oxygens (including phenoxy) is 1. The fourth-order valence-electron chi connectivity index (χ4n) is 3.25. The molecular formula is C17H22Cl3N3O3. The first-order valence-corrected chi connectivity index (χ1v) is 9.16. The summed E-state index contributed by atoms with van der Waals surface area (Å²) >= 11 is 11.8. The third kappa shape index (κ3) is 5.16. The van der Waals surface area contributed by atoms with Crippen LogP contribution < -0.4 is 10.1 Å². The number of benzene rings is 1. The van der Waals surface area contributed by atoms with Crippen LogP contribution in [-0.2, 0) is 9.59 Å². The lowest BCUT2D eigenvalue weighted by atomic mass is 10.0. The number of halogens is 3. The molecule has 2 fully saturated rings. The Morgan fingerprint density at radius 2 is 2.08 bits per heavy atom. The standard InChI is InChI=1S/C17H21Cl2N3O3.ClH/c18-14-4-3-13(8-15(14)19)25-11-17(24)21-6-1-2-12(10-21)22-7-5-20-9-16(22)23;/h3-4,8,12,20H,1-2,5-7,9-11H2;1H. The topological polar surface area (TPSA) is 61.9 Å². The lowest BCUT2D eigenvalue weighted by molar-refractivity contribution is -0.141. The van der Waals surface area contributed by atoms with Gasteiger partial charge in [-0.2, -0.15) is 0 Å². The van der Waals surface area contributed by atoms with Crippen LogP contribution in [0.3, 0.4) is 0 Å². The molecule has 9 heteroatoms. The second-order valence-corrected chi connectivity index (χ2v) is 7.08. The third-order valence-corrected chi connectivity index (χ3v) is 5.31. The first-order chi connectivity index (χ1) is 12.0. The maximum absolute atomic E-state index is 12.5. The van der Waals surface area contributed by atoms with E-state index in [1.165, 1.54) is 0 Å². The monoisotopic (exact) mass is 421 g/mol. The Morgan fingerprint density at radius 1 is 1.27 bits per heavy atom. The normalized spacial score (nSPS) is 20.5. The summed E-state index contributed by atoms with van der Waals surface area (Å²) in [6.07, 6.45) is 1.82. The van der Waals surface area contributed by atoms with Gasteiger partial charge in [0.2, 0.25) is 5.91 Å². The highest BCUT2D eigenvalue weighted by atomic mass is 35.5. The van der Waals surface area contributed by atoms with Crippen LogP contribution >= 0.6 is 35.6 Å². The molecule has 1 aromatic carbocycles. The predicted molar refractivity (Wildman–Crippen MR) is 103 cm³/mol. The fraction of sp³-hybridized carbons (Fsp3) is 0.529. The number of nitrogens with one attached hydrogen (secondary N) is 1. The van der Waals surface area contributed by atoms with Crippen molar-refractivity contribution in [3.63, 3.8) is 0 Å². The molecule has 6 nitrogen and oxygen atoms in total. The zero-order valence-corrected chi connectivity index (χ0v) is 16.6. The summed E-state index contributed by atoms with van der Waals surface area (Å²) < 4.78 is 5.53. The van der Waals surface area contributed by atoms with E-state index in [4.69, 9.17) is 27.9 Å². The Morgan fingerprint density at radius 3 is 2.81 bits per heavy atom. The van der Waals surface area contributed by atoms with Crippen LogP contribution in [0.5, 0.6) is 5.75 Å². The number of piperidine rings is 1. The summed E-state index contributed by atoms with van der Waals surface area (Å²) in [5.74, 6) is 0.532. The lowest BCUT2D eigenvalue weighted by Crippen LogP contribution is -2.57. The zero-order valence-electron chi connectivity index (χ0n) is 14.2. The van der Waals surface area contributed by atoms with Crippen molar-refractivity contribution < 1.29 is 14.3 Å². The van der Waals surface area contributed by atoms with Crippen molar-refractivity contribution in [2.75, 3.05) is 39.3 Å². The van der Waals surface area contributed by atoms with Crippen molar-refractivity contribution in [2.24, 2.45) is 0 Å². The molecule has 0 radical (unpaired) electrons. The highest BCUT2D eigenvalue weighted by molar-refractivity contribution is 6.42. The molecule has 1 atom stereocenters. The minimum Gasteiger partial charge on any atom is -0.484 e. The summed E-state index contributed by atoms with van der Waals surface area (Å²) in [5.41, 5.74) is 0. The van der Waals surface area contributed by atoms with E-state index in [-0.39, 0.29) is 36.9 Å². The van der Waals surface area contributed by atoms with E-state index in [0.29, 0.717) is 42.0 Å². The Bertz CT molecular complexity index is 659. The third-order valence-electron chi connectivity index (χ3n) is 4.57. The van der Waals surface area contributed by atoms with E-state index >= 15 is 0 Å². The van der Waals surface area contributed by atoms with Gasteiger partial charge in [-0.05, 0) is 25.0 Å². The van der Waals surface area contributed by atoms with Crippen LogP contribution in [0.4, 0.5) is 0 Å². The number of likely N-dealkylation sites (tertiary alicyclic amines) is 1. The Balaban J connectivity index is 0.00000243. The molecule has 2 amide bonds. The van der Waals surface area contributed by atoms with Gasteiger partial charge in [-0.15, -0.1) is 12.4 Å². The molecule has 0 bridgehead atoms. The zero-order chi connectivity index (χ0) is 17.8. The van der Waals surface area contributed by atoms with Gasteiger partial charge in [-0.25, -0.2) is 0 Å². The second kappa shape index (κ2) is 9.65. The molecule has 1 unspecified atom stereocenters. The number of carbonyl (C=O) groups excluding carboxylic acids is 2. The number of carbonyl (C=O) groups is 2. The van der Waals surface area contributed by atoms with Gasteiger partial charge in [-0.3, -0.25) is 9.59 Å². The fourth-order valence-corrected chi connectivity index (χ4v) is 3.53. The van der Waals surface area contributed by atoms with Crippen LogP contribution in [0.1, 0.15) is 12.8 Å². The number of rotatable bonds is 4. The number of hydrogen-bond acceptors (Lipinski definition) is 4. The lowest BCUT2D eigenvalue weighted by Gasteiger charge is -2.41. The molecule has 2 aliphatic heterocycles. The maximum Gasteiger partial charge on any atom is 0.260 e. The molecule has 0 aromatic heterocycles. The van der Waals surface area contributed by atoms with Crippen LogP contribution in [-0.4, -0.2) is 67.0 Å².